The van der Waals surface area contributed by atoms with Crippen LogP contribution < -0.4 is 15.4 Å². The number of hydrogen-bond donors (Lipinski definition) is 2. The summed E-state index contributed by atoms with van der Waals surface area (Å²) in [5, 5.41) is 15.7. The fourth-order valence-corrected chi connectivity index (χ4v) is 4.72. The van der Waals surface area contributed by atoms with E-state index < -0.39 is 0 Å². The summed E-state index contributed by atoms with van der Waals surface area (Å²) in [4.78, 5) is 13.0. The van der Waals surface area contributed by atoms with Gasteiger partial charge in [0.05, 0.1) is 23.9 Å². The molecule has 1 aliphatic heterocycles. The Kier molecular flexibility index (Phi) is 6.68. The van der Waals surface area contributed by atoms with Gasteiger partial charge in [-0.25, -0.2) is 4.79 Å². The number of anilines is 2. The summed E-state index contributed by atoms with van der Waals surface area (Å²) in [5.74, 6) is 0.789. The molecule has 0 aromatic heterocycles. The first kappa shape index (κ1) is 23.2. The topological polar surface area (TPSA) is 74.2 Å². The van der Waals surface area contributed by atoms with E-state index in [-0.39, 0.29) is 11.9 Å². The molecule has 0 saturated heterocycles. The largest absolute Gasteiger partial charge is 0.491 e. The van der Waals surface area contributed by atoms with Crippen molar-refractivity contribution in [2.45, 2.75) is 25.7 Å². The van der Waals surface area contributed by atoms with Crippen molar-refractivity contribution in [1.82, 2.24) is 0 Å². The van der Waals surface area contributed by atoms with E-state index in [2.05, 4.69) is 34.9 Å². The predicted octanol–water partition coefficient (Wildman–Crippen LogP) is 7.48. The molecule has 4 aromatic rings. The highest BCUT2D eigenvalue weighted by atomic mass is 16.5. The van der Waals surface area contributed by atoms with Crippen LogP contribution in [-0.2, 0) is 0 Å². The SMILES string of the molecule is Cc1ccc(NC(=O)Nc2cc(-c3ccccc3C#N)cc3c2OCCCC3c2ccccc2)cc1. The number of aryl methyl sites for hydroxylation is 1. The maximum absolute atomic E-state index is 13.0. The summed E-state index contributed by atoms with van der Waals surface area (Å²) in [6.07, 6.45) is 1.82. The lowest BCUT2D eigenvalue weighted by Crippen LogP contribution is -2.20. The molecule has 0 radical (unpaired) electrons. The van der Waals surface area contributed by atoms with Gasteiger partial charge in [-0.15, -0.1) is 0 Å². The van der Waals surface area contributed by atoms with Crippen LogP contribution in [0, 0.1) is 18.3 Å². The molecule has 1 heterocycles. The average Bonchev–Trinajstić information content (AvgIpc) is 3.13. The molecule has 1 atom stereocenters. The van der Waals surface area contributed by atoms with Crippen molar-refractivity contribution in [2.24, 2.45) is 0 Å². The second-order valence-electron chi connectivity index (χ2n) is 9.00. The number of fused-ring (bicyclic) bond motifs is 1. The highest BCUT2D eigenvalue weighted by Gasteiger charge is 2.26. The molecular weight excluding hydrogens is 446 g/mol. The van der Waals surface area contributed by atoms with E-state index in [0.717, 1.165) is 35.1 Å². The number of amides is 2. The van der Waals surface area contributed by atoms with Crippen molar-refractivity contribution in [3.63, 3.8) is 0 Å². The first-order valence-electron chi connectivity index (χ1n) is 12.1. The lowest BCUT2D eigenvalue weighted by molar-refractivity contribution is 0.262. The average molecular weight is 474 g/mol. The van der Waals surface area contributed by atoms with E-state index in [1.165, 1.54) is 5.56 Å². The smallest absolute Gasteiger partial charge is 0.323 e. The molecule has 36 heavy (non-hydrogen) atoms. The Morgan fingerprint density at radius 2 is 1.69 bits per heavy atom. The van der Waals surface area contributed by atoms with E-state index >= 15 is 0 Å². The number of ether oxygens (including phenoxy) is 1. The maximum Gasteiger partial charge on any atom is 0.323 e. The zero-order valence-electron chi connectivity index (χ0n) is 20.1. The van der Waals surface area contributed by atoms with Crippen LogP contribution >= 0.6 is 0 Å². The third-order valence-electron chi connectivity index (χ3n) is 6.49. The van der Waals surface area contributed by atoms with Gasteiger partial charge in [-0.2, -0.15) is 5.26 Å². The Balaban J connectivity index is 1.60. The predicted molar refractivity (Wildman–Crippen MR) is 143 cm³/mol. The van der Waals surface area contributed by atoms with Crippen molar-refractivity contribution >= 4 is 17.4 Å². The number of carbonyl (C=O) groups is 1. The quantitative estimate of drug-likeness (QED) is 0.323. The van der Waals surface area contributed by atoms with Gasteiger partial charge in [0.1, 0.15) is 5.75 Å². The first-order valence-corrected chi connectivity index (χ1v) is 12.1. The van der Waals surface area contributed by atoms with E-state index in [0.29, 0.717) is 29.3 Å². The molecule has 2 amide bonds. The number of benzene rings is 4. The van der Waals surface area contributed by atoms with Gasteiger partial charge in [-0.3, -0.25) is 0 Å². The second kappa shape index (κ2) is 10.4. The second-order valence-corrected chi connectivity index (χ2v) is 9.00. The fraction of sp³-hybridized carbons (Fsp3) is 0.161. The molecule has 4 aromatic carbocycles. The molecule has 0 saturated carbocycles. The van der Waals surface area contributed by atoms with Gasteiger partial charge < -0.3 is 15.4 Å². The third-order valence-corrected chi connectivity index (χ3v) is 6.49. The number of rotatable bonds is 4. The van der Waals surface area contributed by atoms with Crippen LogP contribution in [0.2, 0.25) is 0 Å². The van der Waals surface area contributed by atoms with Crippen LogP contribution in [0.25, 0.3) is 11.1 Å². The highest BCUT2D eigenvalue weighted by Crippen LogP contribution is 2.44. The van der Waals surface area contributed by atoms with Crippen molar-refractivity contribution < 1.29 is 9.53 Å². The maximum atomic E-state index is 13.0. The van der Waals surface area contributed by atoms with E-state index in [1.54, 1.807) is 0 Å². The molecule has 5 nitrogen and oxygen atoms in total. The molecule has 5 rings (SSSR count). The van der Waals surface area contributed by atoms with Crippen LogP contribution in [0.5, 0.6) is 5.75 Å². The number of carbonyl (C=O) groups excluding carboxylic acids is 1. The van der Waals surface area contributed by atoms with Crippen molar-refractivity contribution in [2.75, 3.05) is 17.2 Å². The molecule has 5 heteroatoms. The molecule has 1 unspecified atom stereocenters. The molecule has 178 valence electrons. The van der Waals surface area contributed by atoms with Gasteiger partial charge in [0, 0.05) is 17.2 Å². The summed E-state index contributed by atoms with van der Waals surface area (Å²) in [7, 11) is 0. The number of nitriles is 1. The van der Waals surface area contributed by atoms with E-state index in [9.17, 15) is 10.1 Å². The zero-order chi connectivity index (χ0) is 24.9. The highest BCUT2D eigenvalue weighted by molar-refractivity contribution is 6.01. The van der Waals surface area contributed by atoms with Crippen LogP contribution in [0.4, 0.5) is 16.2 Å². The van der Waals surface area contributed by atoms with Crippen LogP contribution in [0.1, 0.15) is 41.0 Å². The van der Waals surface area contributed by atoms with Gasteiger partial charge in [-0.05, 0) is 66.8 Å². The van der Waals surface area contributed by atoms with Crippen LogP contribution in [0.3, 0.4) is 0 Å². The normalized spacial score (nSPS) is 14.5. The third kappa shape index (κ3) is 4.94. The Labute approximate surface area is 211 Å². The van der Waals surface area contributed by atoms with Crippen molar-refractivity contribution in [1.29, 1.82) is 5.26 Å². The molecule has 0 aliphatic carbocycles. The molecule has 0 spiro atoms. The van der Waals surface area contributed by atoms with E-state index in [1.807, 2.05) is 79.7 Å². The number of urea groups is 1. The minimum absolute atomic E-state index is 0.110. The monoisotopic (exact) mass is 473 g/mol. The first-order chi connectivity index (χ1) is 17.6. The van der Waals surface area contributed by atoms with Crippen LogP contribution in [-0.4, -0.2) is 12.6 Å². The van der Waals surface area contributed by atoms with Crippen molar-refractivity contribution in [3.8, 4) is 22.9 Å². The lowest BCUT2D eigenvalue weighted by Gasteiger charge is -2.22. The number of nitrogens with one attached hydrogen (secondary N) is 2. The minimum Gasteiger partial charge on any atom is -0.491 e. The lowest BCUT2D eigenvalue weighted by atomic mass is 9.85. The summed E-state index contributed by atoms with van der Waals surface area (Å²) in [5.41, 5.74) is 6.89. The van der Waals surface area contributed by atoms with Crippen molar-refractivity contribution in [3.05, 3.63) is 113 Å². The van der Waals surface area contributed by atoms with Gasteiger partial charge in [-0.1, -0.05) is 66.2 Å². The van der Waals surface area contributed by atoms with Gasteiger partial charge in [0.15, 0.2) is 0 Å². The molecular formula is C31H27N3O2. The molecule has 0 bridgehead atoms. The van der Waals surface area contributed by atoms with Gasteiger partial charge in [0.2, 0.25) is 0 Å². The Bertz CT molecular complexity index is 1420. The summed E-state index contributed by atoms with van der Waals surface area (Å²) in [6.45, 7) is 2.57. The van der Waals surface area contributed by atoms with Gasteiger partial charge in [0.25, 0.3) is 0 Å². The Morgan fingerprint density at radius 3 is 2.47 bits per heavy atom. The molecule has 0 fully saturated rings. The zero-order valence-corrected chi connectivity index (χ0v) is 20.1. The van der Waals surface area contributed by atoms with Gasteiger partial charge >= 0.3 is 6.03 Å². The standard InChI is InChI=1S/C31H27N3O2/c1-21-13-15-25(16-14-21)33-31(35)34-29-19-24(26-11-6-5-10-23(26)20-32)18-28-27(12-7-17-36-30(28)29)22-8-3-2-4-9-22/h2-6,8-11,13-16,18-19,27H,7,12,17H2,1H3,(H2,33,34,35). The number of hydrogen-bond acceptors (Lipinski definition) is 3. The number of nitrogens with zero attached hydrogens (tertiary/aromatic N) is 1. The minimum atomic E-state index is -0.351. The summed E-state index contributed by atoms with van der Waals surface area (Å²) >= 11 is 0. The molecule has 2 N–H and O–H groups in total. The summed E-state index contributed by atoms with van der Waals surface area (Å²) < 4.78 is 6.24. The Hall–Kier alpha value is -4.56. The van der Waals surface area contributed by atoms with Crippen LogP contribution in [0.15, 0.2) is 91.0 Å². The summed E-state index contributed by atoms with van der Waals surface area (Å²) in [6, 6.07) is 31.5. The Morgan fingerprint density at radius 1 is 0.944 bits per heavy atom. The molecule has 1 aliphatic rings. The fourth-order valence-electron chi connectivity index (χ4n) is 4.72. The van der Waals surface area contributed by atoms with E-state index in [4.69, 9.17) is 4.74 Å².